The van der Waals surface area contributed by atoms with Crippen LogP contribution in [0.1, 0.15) is 27.8 Å². The highest BCUT2D eigenvalue weighted by atomic mass is 19.2. The molecule has 214 valence electrons. The van der Waals surface area contributed by atoms with Crippen LogP contribution in [0.2, 0.25) is 0 Å². The van der Waals surface area contributed by atoms with E-state index in [4.69, 9.17) is 19.3 Å². The van der Waals surface area contributed by atoms with Crippen LogP contribution in [0, 0.1) is 43.1 Å². The Labute approximate surface area is 237 Å². The second-order valence-corrected chi connectivity index (χ2v) is 9.47. The minimum Gasteiger partial charge on any atom is -0.489 e. The third-order valence-corrected chi connectivity index (χ3v) is 6.55. The lowest BCUT2D eigenvalue weighted by atomic mass is 9.95. The predicted molar refractivity (Wildman–Crippen MR) is 149 cm³/mol. The number of carboxylic acid groups (broad SMARTS) is 1. The summed E-state index contributed by atoms with van der Waals surface area (Å²) in [7, 11) is 0. The molecule has 1 aliphatic heterocycles. The molecule has 1 saturated heterocycles. The Hall–Kier alpha value is -4.26. The van der Waals surface area contributed by atoms with Crippen molar-refractivity contribution in [1.29, 1.82) is 0 Å². The summed E-state index contributed by atoms with van der Waals surface area (Å²) in [6.45, 7) is 6.08. The lowest BCUT2D eigenvalue weighted by molar-refractivity contribution is -0.139. The van der Waals surface area contributed by atoms with Crippen molar-refractivity contribution in [3.05, 3.63) is 99.9 Å². The number of morpholine rings is 1. The zero-order chi connectivity index (χ0) is 29.4. The van der Waals surface area contributed by atoms with Crippen molar-refractivity contribution in [1.82, 2.24) is 4.90 Å². The zero-order valence-corrected chi connectivity index (χ0v) is 22.8. The van der Waals surface area contributed by atoms with E-state index >= 15 is 4.39 Å². The topological polar surface area (TPSA) is 68.2 Å². The summed E-state index contributed by atoms with van der Waals surface area (Å²) in [6, 6.07) is 12.8. The summed E-state index contributed by atoms with van der Waals surface area (Å²) >= 11 is 0. The van der Waals surface area contributed by atoms with Crippen molar-refractivity contribution in [2.24, 2.45) is 0 Å². The number of carboxylic acids is 1. The van der Waals surface area contributed by atoms with Crippen LogP contribution in [0.25, 0.3) is 5.57 Å². The van der Waals surface area contributed by atoms with Crippen molar-refractivity contribution in [3.8, 4) is 23.3 Å². The van der Waals surface area contributed by atoms with Gasteiger partial charge >= 0.3 is 5.97 Å². The van der Waals surface area contributed by atoms with Crippen molar-refractivity contribution in [2.45, 2.75) is 13.8 Å². The number of ether oxygens (including phenoxy) is 3. The first kappa shape index (κ1) is 29.7. The average molecular weight is 566 g/mol. The van der Waals surface area contributed by atoms with Crippen LogP contribution in [0.15, 0.2) is 54.6 Å². The molecule has 1 heterocycles. The van der Waals surface area contributed by atoms with E-state index in [1.54, 1.807) is 55.5 Å². The number of halogens is 3. The highest BCUT2D eigenvalue weighted by Gasteiger charge is 2.19. The van der Waals surface area contributed by atoms with Crippen LogP contribution in [0.4, 0.5) is 13.2 Å². The minimum atomic E-state index is -1.25. The van der Waals surface area contributed by atoms with E-state index in [0.29, 0.717) is 42.4 Å². The van der Waals surface area contributed by atoms with E-state index in [9.17, 15) is 13.6 Å². The molecule has 1 N–H and O–H groups in total. The Bertz CT molecular complexity index is 1490. The third-order valence-electron chi connectivity index (χ3n) is 6.55. The summed E-state index contributed by atoms with van der Waals surface area (Å²) in [6.07, 6.45) is 1.55. The molecule has 1 aliphatic rings. The maximum atomic E-state index is 15.1. The van der Waals surface area contributed by atoms with Gasteiger partial charge in [0.15, 0.2) is 18.2 Å². The highest BCUT2D eigenvalue weighted by Crippen LogP contribution is 2.30. The molecule has 3 aromatic rings. The molecule has 0 aromatic heterocycles. The summed E-state index contributed by atoms with van der Waals surface area (Å²) in [5, 5.41) is 8.81. The fourth-order valence-electron chi connectivity index (χ4n) is 4.25. The fourth-order valence-corrected chi connectivity index (χ4v) is 4.25. The Morgan fingerprint density at radius 2 is 1.76 bits per heavy atom. The summed E-state index contributed by atoms with van der Waals surface area (Å²) in [4.78, 5) is 13.0. The van der Waals surface area contributed by atoms with E-state index in [1.807, 2.05) is 0 Å². The van der Waals surface area contributed by atoms with Gasteiger partial charge in [0.2, 0.25) is 0 Å². The van der Waals surface area contributed by atoms with Gasteiger partial charge in [-0.25, -0.2) is 18.0 Å². The Morgan fingerprint density at radius 1 is 1.02 bits per heavy atom. The van der Waals surface area contributed by atoms with Gasteiger partial charge in [-0.2, -0.15) is 0 Å². The van der Waals surface area contributed by atoms with E-state index in [0.717, 1.165) is 24.7 Å². The molecule has 0 saturated carbocycles. The smallest absolute Gasteiger partial charge is 0.341 e. The molecule has 4 rings (SSSR count). The molecule has 6 nitrogen and oxygen atoms in total. The molecule has 0 radical (unpaired) electrons. The van der Waals surface area contributed by atoms with Crippen molar-refractivity contribution in [2.75, 3.05) is 46.1 Å². The normalized spacial score (nSPS) is 13.8. The molecule has 0 spiro atoms. The molecule has 0 unspecified atom stereocenters. The fraction of sp³-hybridized carbons (Fsp3) is 0.281. The molecule has 1 fully saturated rings. The molecule has 0 aliphatic carbocycles. The van der Waals surface area contributed by atoms with Crippen molar-refractivity contribution < 1.29 is 37.3 Å². The molecule has 0 atom stereocenters. The standard InChI is InChI=1S/C32H30F3NO5/c1-21-18-25(9-10-29(21)41-20-30(37)38)40-15-11-26(27-19-28(33)22(2)31(34)32(27)35)24-7-5-23(6-8-24)4-3-12-36-13-16-39-17-14-36/h5-11,18-19H,12-17,20H2,1-2H3,(H,37,38). The number of rotatable bonds is 9. The third kappa shape index (κ3) is 7.91. The summed E-state index contributed by atoms with van der Waals surface area (Å²) < 4.78 is 60.4. The van der Waals surface area contributed by atoms with E-state index < -0.39 is 35.6 Å². The van der Waals surface area contributed by atoms with Gasteiger partial charge in [-0.05, 0) is 73.0 Å². The number of benzene rings is 3. The van der Waals surface area contributed by atoms with Crippen molar-refractivity contribution >= 4 is 11.5 Å². The van der Waals surface area contributed by atoms with E-state index in [1.165, 1.54) is 6.92 Å². The lowest BCUT2D eigenvalue weighted by Crippen LogP contribution is -2.36. The first-order valence-corrected chi connectivity index (χ1v) is 13.0. The van der Waals surface area contributed by atoms with Crippen LogP contribution in [-0.4, -0.2) is 62.0 Å². The van der Waals surface area contributed by atoms with Gasteiger partial charge < -0.3 is 19.3 Å². The Balaban J connectivity index is 1.56. The van der Waals surface area contributed by atoms with Gasteiger partial charge in [-0.1, -0.05) is 24.0 Å². The SMILES string of the molecule is Cc1cc(OCC=C(c2ccc(C#CCN3CCOCC3)cc2)c2cc(F)c(C)c(F)c2F)ccc1OCC(=O)O. The van der Waals surface area contributed by atoms with Gasteiger partial charge in [0.05, 0.1) is 19.8 Å². The van der Waals surface area contributed by atoms with Gasteiger partial charge in [-0.3, -0.25) is 4.90 Å². The monoisotopic (exact) mass is 565 g/mol. The number of nitrogens with zero attached hydrogens (tertiary/aromatic N) is 1. The number of hydrogen-bond donors (Lipinski definition) is 1. The van der Waals surface area contributed by atoms with Crippen molar-refractivity contribution in [3.63, 3.8) is 0 Å². The van der Waals surface area contributed by atoms with Crippen LogP contribution >= 0.6 is 0 Å². The number of hydrogen-bond acceptors (Lipinski definition) is 5. The van der Waals surface area contributed by atoms with E-state index in [2.05, 4.69) is 16.7 Å². The van der Waals surface area contributed by atoms with Crippen LogP contribution in [0.3, 0.4) is 0 Å². The zero-order valence-electron chi connectivity index (χ0n) is 22.8. The van der Waals surface area contributed by atoms with Gasteiger partial charge in [-0.15, -0.1) is 0 Å². The largest absolute Gasteiger partial charge is 0.489 e. The van der Waals surface area contributed by atoms with Gasteiger partial charge in [0.1, 0.15) is 23.9 Å². The number of aliphatic carboxylic acids is 1. The van der Waals surface area contributed by atoms with E-state index in [-0.39, 0.29) is 17.7 Å². The van der Waals surface area contributed by atoms with Crippen LogP contribution in [0.5, 0.6) is 11.5 Å². The van der Waals surface area contributed by atoms with Crippen LogP contribution in [-0.2, 0) is 9.53 Å². The molecule has 41 heavy (non-hydrogen) atoms. The second-order valence-electron chi connectivity index (χ2n) is 9.47. The molecular weight excluding hydrogens is 535 g/mol. The molecule has 3 aromatic carbocycles. The van der Waals surface area contributed by atoms with Crippen LogP contribution < -0.4 is 9.47 Å². The second kappa shape index (κ2) is 13.9. The molecule has 0 amide bonds. The first-order valence-electron chi connectivity index (χ1n) is 13.0. The lowest BCUT2D eigenvalue weighted by Gasteiger charge is -2.24. The number of carbonyl (C=O) groups is 1. The molecule has 0 bridgehead atoms. The Morgan fingerprint density at radius 3 is 2.44 bits per heavy atom. The van der Waals surface area contributed by atoms with Gasteiger partial charge in [0.25, 0.3) is 0 Å². The molecule has 9 heteroatoms. The average Bonchev–Trinajstić information content (AvgIpc) is 2.97. The summed E-state index contributed by atoms with van der Waals surface area (Å²) in [5.74, 6) is 2.76. The summed E-state index contributed by atoms with van der Waals surface area (Å²) in [5.41, 5.74) is 1.57. The predicted octanol–water partition coefficient (Wildman–Crippen LogP) is 5.38. The highest BCUT2D eigenvalue weighted by molar-refractivity contribution is 5.80. The minimum absolute atomic E-state index is 0.0399. The Kier molecular flexibility index (Phi) is 10.1. The quantitative estimate of drug-likeness (QED) is 0.278. The maximum absolute atomic E-state index is 15.1. The van der Waals surface area contributed by atoms with Gasteiger partial charge in [0, 0.05) is 29.8 Å². The number of aryl methyl sites for hydroxylation is 1. The molecular formula is C32H30F3NO5. The first-order chi connectivity index (χ1) is 19.7. The maximum Gasteiger partial charge on any atom is 0.341 e.